The van der Waals surface area contributed by atoms with Gasteiger partial charge in [0.25, 0.3) is 0 Å². The fourth-order valence-electron chi connectivity index (χ4n) is 8.62. The summed E-state index contributed by atoms with van der Waals surface area (Å²) in [6, 6.07) is 25.2. The monoisotopic (exact) mass is 782 g/mol. The predicted molar refractivity (Wildman–Crippen MR) is 222 cm³/mol. The lowest BCUT2D eigenvalue weighted by molar-refractivity contribution is 0.394. The van der Waals surface area contributed by atoms with E-state index in [2.05, 4.69) is 58.1 Å². The quantitative estimate of drug-likeness (QED) is 0.150. The van der Waals surface area contributed by atoms with Gasteiger partial charge in [0.1, 0.15) is 0 Å². The van der Waals surface area contributed by atoms with E-state index >= 15 is 0 Å². The molecule has 10 heteroatoms. The van der Waals surface area contributed by atoms with Gasteiger partial charge in [-0.3, -0.25) is 9.97 Å². The molecule has 0 amide bonds. The summed E-state index contributed by atoms with van der Waals surface area (Å²) < 4.78 is 10.9. The summed E-state index contributed by atoms with van der Waals surface area (Å²) in [5.41, 5.74) is 8.34. The first-order valence-corrected chi connectivity index (χ1v) is 19.8. The van der Waals surface area contributed by atoms with Crippen LogP contribution in [0.1, 0.15) is 97.1 Å². The Balaban J connectivity index is 0.000000172. The molecule has 2 aliphatic carbocycles. The highest BCUT2D eigenvalue weighted by atomic mass is 35.5. The number of benzene rings is 2. The first-order valence-electron chi connectivity index (χ1n) is 19.1. The van der Waals surface area contributed by atoms with E-state index in [1.54, 1.807) is 26.6 Å². The van der Waals surface area contributed by atoms with Gasteiger partial charge in [0.2, 0.25) is 11.8 Å². The Morgan fingerprint density at radius 1 is 0.661 bits per heavy atom. The molecular weight excluding hydrogens is 739 g/mol. The number of hydrogen-bond donors (Lipinski definition) is 0. The molecule has 2 aromatic carbocycles. The van der Waals surface area contributed by atoms with Crippen molar-refractivity contribution in [2.45, 2.75) is 88.9 Å². The Morgan fingerprint density at radius 3 is 1.43 bits per heavy atom. The molecule has 6 aromatic rings. The number of pyridine rings is 4. The maximum atomic E-state index is 10.2. The van der Waals surface area contributed by atoms with Crippen LogP contribution in [0.25, 0.3) is 21.8 Å². The van der Waals surface area contributed by atoms with Crippen LogP contribution in [0.15, 0.2) is 73.1 Å². The normalized spacial score (nSPS) is 17.8. The number of ether oxygens (including phenoxy) is 2. The number of halogens is 2. The minimum Gasteiger partial charge on any atom is -0.481 e. The minimum absolute atomic E-state index is 0.000426. The number of fused-ring (bicyclic) bond motifs is 4. The zero-order valence-corrected chi connectivity index (χ0v) is 34.1. The number of nitrogens with zero attached hydrogens (tertiary/aromatic N) is 6. The van der Waals surface area contributed by atoms with Gasteiger partial charge in [-0.05, 0) is 111 Å². The van der Waals surface area contributed by atoms with E-state index in [4.69, 9.17) is 32.7 Å². The number of aryl methyl sites for hydroxylation is 2. The van der Waals surface area contributed by atoms with E-state index < -0.39 is 10.8 Å². The van der Waals surface area contributed by atoms with E-state index in [1.165, 1.54) is 0 Å². The number of hydrogen-bond acceptors (Lipinski definition) is 8. The highest BCUT2D eigenvalue weighted by Crippen LogP contribution is 2.49. The molecule has 0 saturated carbocycles. The average molecular weight is 784 g/mol. The summed E-state index contributed by atoms with van der Waals surface area (Å²) in [5.74, 6) is 1.29. The standard InChI is InChI=1S/2C23H22ClN3O/c2*1-4-14-11-15-5-6-16(12-20(15)27-22(14)28-3)23(2,13-25)18-8-7-17-19(24)9-10-26-21(17)18/h2*5-6,9-12,18H,4,7-8H2,1-3H3/t18-,23+;18-,23-/m10/s1. The average Bonchev–Trinajstić information content (AvgIpc) is 3.89. The van der Waals surface area contributed by atoms with Crippen molar-refractivity contribution >= 4 is 45.0 Å². The van der Waals surface area contributed by atoms with Crippen molar-refractivity contribution in [3.63, 3.8) is 0 Å². The Bertz CT molecular complexity index is 2390. The zero-order valence-electron chi connectivity index (χ0n) is 32.6. The van der Waals surface area contributed by atoms with Crippen LogP contribution < -0.4 is 9.47 Å². The molecule has 0 spiro atoms. The summed E-state index contributed by atoms with van der Waals surface area (Å²) in [6.45, 7) is 8.16. The maximum Gasteiger partial charge on any atom is 0.216 e. The Kier molecular flexibility index (Phi) is 10.9. The lowest BCUT2D eigenvalue weighted by atomic mass is 9.71. The smallest absolute Gasteiger partial charge is 0.216 e. The zero-order chi connectivity index (χ0) is 39.8. The first kappa shape index (κ1) is 39.0. The van der Waals surface area contributed by atoms with Crippen molar-refractivity contribution in [1.29, 1.82) is 10.5 Å². The molecule has 4 aromatic heterocycles. The largest absolute Gasteiger partial charge is 0.481 e. The van der Waals surface area contributed by atoms with Crippen molar-refractivity contribution in [1.82, 2.24) is 19.9 Å². The molecule has 2 aliphatic rings. The molecule has 284 valence electrons. The second-order valence-corrected chi connectivity index (χ2v) is 15.8. The van der Waals surface area contributed by atoms with E-state index in [0.29, 0.717) is 11.8 Å². The molecule has 0 fully saturated rings. The van der Waals surface area contributed by atoms with Gasteiger partial charge < -0.3 is 9.47 Å². The number of aromatic nitrogens is 4. The molecule has 4 heterocycles. The lowest BCUT2D eigenvalue weighted by Gasteiger charge is -2.29. The molecule has 0 saturated heterocycles. The summed E-state index contributed by atoms with van der Waals surface area (Å²) in [6.07, 6.45) is 8.60. The van der Waals surface area contributed by atoms with Crippen LogP contribution in [0.2, 0.25) is 10.0 Å². The van der Waals surface area contributed by atoms with Gasteiger partial charge in [-0.1, -0.05) is 61.3 Å². The van der Waals surface area contributed by atoms with Gasteiger partial charge in [-0.25, -0.2) is 9.97 Å². The summed E-state index contributed by atoms with van der Waals surface area (Å²) in [5, 5.41) is 24.0. The summed E-state index contributed by atoms with van der Waals surface area (Å²) in [7, 11) is 3.28. The van der Waals surface area contributed by atoms with Crippen molar-refractivity contribution in [3.05, 3.63) is 128 Å². The fraction of sp³-hybridized carbons (Fsp3) is 0.348. The molecular formula is C46H44Cl2N6O2. The molecule has 0 bridgehead atoms. The van der Waals surface area contributed by atoms with Gasteiger partial charge in [-0.15, -0.1) is 0 Å². The first-order chi connectivity index (χ1) is 27.0. The molecule has 0 radical (unpaired) electrons. The van der Waals surface area contributed by atoms with E-state index in [1.807, 2.05) is 62.4 Å². The van der Waals surface area contributed by atoms with Gasteiger partial charge in [0.05, 0.1) is 59.6 Å². The van der Waals surface area contributed by atoms with Crippen LogP contribution in [0.3, 0.4) is 0 Å². The molecule has 0 aliphatic heterocycles. The Hall–Kier alpha value is -5.28. The van der Waals surface area contributed by atoms with E-state index in [0.717, 1.165) is 115 Å². The van der Waals surface area contributed by atoms with Gasteiger partial charge in [-0.2, -0.15) is 10.5 Å². The third kappa shape index (κ3) is 6.70. The Labute approximate surface area is 338 Å². The van der Waals surface area contributed by atoms with Crippen LogP contribution in [-0.2, 0) is 36.5 Å². The molecule has 8 nitrogen and oxygen atoms in total. The molecule has 56 heavy (non-hydrogen) atoms. The Morgan fingerprint density at radius 2 is 1.07 bits per heavy atom. The van der Waals surface area contributed by atoms with E-state index in [9.17, 15) is 10.5 Å². The van der Waals surface area contributed by atoms with Gasteiger partial charge in [0, 0.05) is 56.2 Å². The second-order valence-electron chi connectivity index (χ2n) is 15.0. The highest BCUT2D eigenvalue weighted by Gasteiger charge is 2.44. The van der Waals surface area contributed by atoms with Crippen molar-refractivity contribution in [2.75, 3.05) is 14.2 Å². The van der Waals surface area contributed by atoms with Crippen molar-refractivity contribution in [3.8, 4) is 23.9 Å². The number of methoxy groups -OCH3 is 2. The van der Waals surface area contributed by atoms with Crippen LogP contribution in [0.4, 0.5) is 0 Å². The number of rotatable bonds is 8. The van der Waals surface area contributed by atoms with Crippen LogP contribution in [-0.4, -0.2) is 34.2 Å². The molecule has 4 atom stereocenters. The fourth-order valence-corrected chi connectivity index (χ4v) is 9.11. The second kappa shape index (κ2) is 15.7. The summed E-state index contributed by atoms with van der Waals surface area (Å²) >= 11 is 12.7. The van der Waals surface area contributed by atoms with Gasteiger partial charge in [0.15, 0.2) is 0 Å². The van der Waals surface area contributed by atoms with E-state index in [-0.39, 0.29) is 11.8 Å². The van der Waals surface area contributed by atoms with Gasteiger partial charge >= 0.3 is 0 Å². The maximum absolute atomic E-state index is 10.2. The molecule has 0 unspecified atom stereocenters. The van der Waals surface area contributed by atoms with Crippen LogP contribution in [0.5, 0.6) is 11.8 Å². The van der Waals surface area contributed by atoms with Crippen molar-refractivity contribution < 1.29 is 9.47 Å². The molecule has 8 rings (SSSR count). The minimum atomic E-state index is -0.713. The van der Waals surface area contributed by atoms with Crippen LogP contribution >= 0.6 is 23.2 Å². The lowest BCUT2D eigenvalue weighted by Crippen LogP contribution is -2.28. The van der Waals surface area contributed by atoms with Crippen molar-refractivity contribution in [2.24, 2.45) is 0 Å². The number of nitriles is 2. The topological polar surface area (TPSA) is 118 Å². The summed E-state index contributed by atoms with van der Waals surface area (Å²) in [4.78, 5) is 18.5. The SMILES string of the molecule is CCc1cc2ccc([C@](C)(C#N)[C@@H]3CCc4c(Cl)ccnc43)cc2nc1OC.CCc1cc2ccc([C@](C)(C#N)[C@H]3CCc4c(Cl)ccnc43)cc2nc1OC. The highest BCUT2D eigenvalue weighted by molar-refractivity contribution is 6.31. The molecule has 0 N–H and O–H groups in total. The third-order valence-corrected chi connectivity index (χ3v) is 12.7. The van der Waals surface area contributed by atoms with Crippen LogP contribution in [0, 0.1) is 22.7 Å². The predicted octanol–water partition coefficient (Wildman–Crippen LogP) is 10.7. The third-order valence-electron chi connectivity index (χ3n) is 12.0.